The van der Waals surface area contributed by atoms with E-state index in [1.807, 2.05) is 85.8 Å². The second kappa shape index (κ2) is 11.4. The monoisotopic (exact) mass is 414 g/mol. The Bertz CT molecular complexity index is 1010. The minimum absolute atomic E-state index is 0.0714. The first-order chi connectivity index (χ1) is 15.2. The molecule has 3 rings (SSSR count). The van der Waals surface area contributed by atoms with E-state index in [1.165, 1.54) is 7.11 Å². The van der Waals surface area contributed by atoms with Crippen molar-refractivity contribution in [2.24, 2.45) is 5.16 Å². The molecule has 5 nitrogen and oxygen atoms in total. The van der Waals surface area contributed by atoms with E-state index in [4.69, 9.17) is 14.3 Å². The third kappa shape index (κ3) is 6.35. The molecule has 0 amide bonds. The lowest BCUT2D eigenvalue weighted by atomic mass is 9.98. The third-order valence-corrected chi connectivity index (χ3v) is 4.86. The van der Waals surface area contributed by atoms with Crippen LogP contribution in [0.4, 0.5) is 0 Å². The van der Waals surface area contributed by atoms with E-state index < -0.39 is 0 Å². The molecule has 0 aliphatic rings. The maximum absolute atomic E-state index is 9.17. The van der Waals surface area contributed by atoms with Gasteiger partial charge in [-0.1, -0.05) is 66.7 Å². The maximum atomic E-state index is 9.17. The quantitative estimate of drug-likeness (QED) is 0.315. The van der Waals surface area contributed by atoms with E-state index in [0.29, 0.717) is 13.2 Å². The highest BCUT2D eigenvalue weighted by atomic mass is 16.6. The Kier molecular flexibility index (Phi) is 8.07. The molecule has 0 saturated carbocycles. The van der Waals surface area contributed by atoms with E-state index in [0.717, 1.165) is 40.3 Å². The van der Waals surface area contributed by atoms with Crippen LogP contribution in [0.2, 0.25) is 0 Å². The van der Waals surface area contributed by atoms with Gasteiger partial charge < -0.3 is 14.3 Å². The van der Waals surface area contributed by atoms with Crippen molar-refractivity contribution in [3.8, 4) is 17.6 Å². The van der Waals surface area contributed by atoms with Crippen LogP contribution in [0, 0.1) is 11.3 Å². The lowest BCUT2D eigenvalue weighted by Crippen LogP contribution is -2.13. The molecule has 3 aromatic rings. The van der Waals surface area contributed by atoms with Crippen LogP contribution < -0.4 is 9.47 Å². The van der Waals surface area contributed by atoms with E-state index in [9.17, 15) is 5.26 Å². The van der Waals surface area contributed by atoms with Crippen molar-refractivity contribution >= 4 is 5.71 Å². The highest BCUT2D eigenvalue weighted by Crippen LogP contribution is 2.22. The van der Waals surface area contributed by atoms with Crippen molar-refractivity contribution in [2.75, 3.05) is 13.7 Å². The molecule has 0 aliphatic heterocycles. The zero-order valence-corrected chi connectivity index (χ0v) is 17.8. The summed E-state index contributed by atoms with van der Waals surface area (Å²) in [6, 6.07) is 27.6. The zero-order valence-electron chi connectivity index (χ0n) is 17.8. The van der Waals surface area contributed by atoms with Crippen LogP contribution in [0.5, 0.6) is 11.5 Å². The molecule has 158 valence electrons. The number of hydrogen-bond donors (Lipinski definition) is 0. The van der Waals surface area contributed by atoms with Crippen molar-refractivity contribution in [1.29, 1.82) is 5.26 Å². The molecule has 0 aromatic heterocycles. The maximum Gasteiger partial charge on any atom is 0.134 e. The summed E-state index contributed by atoms with van der Waals surface area (Å²) in [6.07, 6.45) is 0.801. The summed E-state index contributed by atoms with van der Waals surface area (Å²) in [5, 5.41) is 13.2. The molecule has 0 spiro atoms. The summed E-state index contributed by atoms with van der Waals surface area (Å²) in [7, 11) is 1.52. The van der Waals surface area contributed by atoms with Crippen LogP contribution in [0.1, 0.15) is 36.0 Å². The van der Waals surface area contributed by atoms with E-state index in [1.54, 1.807) is 0 Å². The first-order valence-electron chi connectivity index (χ1n) is 10.2. The summed E-state index contributed by atoms with van der Waals surface area (Å²) in [6.45, 7) is 2.77. The zero-order chi connectivity index (χ0) is 21.9. The predicted octanol–water partition coefficient (Wildman–Crippen LogP) is 5.71. The van der Waals surface area contributed by atoms with Crippen LogP contribution in [0.3, 0.4) is 0 Å². The molecular formula is C26H26N2O3. The largest absolute Gasteiger partial charge is 0.489 e. The number of hydrogen-bond acceptors (Lipinski definition) is 5. The topological polar surface area (TPSA) is 63.8 Å². The summed E-state index contributed by atoms with van der Waals surface area (Å²) in [5.41, 5.74) is 3.74. The van der Waals surface area contributed by atoms with Crippen molar-refractivity contribution < 1.29 is 14.3 Å². The Morgan fingerprint density at radius 3 is 2.16 bits per heavy atom. The SMILES string of the molecule is CCC(C#N)c1ccc(OCc2ccc(OC/C(=N/OC)c3ccccc3)cc2)cc1. The summed E-state index contributed by atoms with van der Waals surface area (Å²) in [5.74, 6) is 1.45. The minimum Gasteiger partial charge on any atom is -0.489 e. The molecule has 3 aromatic carbocycles. The van der Waals surface area contributed by atoms with Gasteiger partial charge in [0.2, 0.25) is 0 Å². The molecular weight excluding hydrogens is 388 g/mol. The summed E-state index contributed by atoms with van der Waals surface area (Å²) >= 11 is 0. The number of nitrogens with zero attached hydrogens (tertiary/aromatic N) is 2. The molecule has 1 atom stereocenters. The predicted molar refractivity (Wildman–Crippen MR) is 121 cm³/mol. The standard InChI is InChI=1S/C26H26N2O3/c1-3-21(17-27)22-11-15-25(16-12-22)30-18-20-9-13-24(14-10-20)31-19-26(28-29-2)23-7-5-4-6-8-23/h4-16,21H,3,18-19H2,1-2H3/b28-26-. The van der Waals surface area contributed by atoms with Crippen molar-refractivity contribution in [3.63, 3.8) is 0 Å². The van der Waals surface area contributed by atoms with Crippen molar-refractivity contribution in [3.05, 3.63) is 95.6 Å². The Morgan fingerprint density at radius 2 is 1.55 bits per heavy atom. The fraction of sp³-hybridized carbons (Fsp3) is 0.231. The second-order valence-electron chi connectivity index (χ2n) is 6.97. The van der Waals surface area contributed by atoms with Gasteiger partial charge in [-0.2, -0.15) is 5.26 Å². The van der Waals surface area contributed by atoms with Crippen LogP contribution in [-0.2, 0) is 11.4 Å². The normalized spacial score (nSPS) is 12.0. The molecule has 0 fully saturated rings. The molecule has 0 aliphatic carbocycles. The van der Waals surface area contributed by atoms with Gasteiger partial charge in [0.05, 0.1) is 12.0 Å². The smallest absolute Gasteiger partial charge is 0.134 e. The third-order valence-electron chi connectivity index (χ3n) is 4.86. The number of ether oxygens (including phenoxy) is 2. The first kappa shape index (κ1) is 21.9. The van der Waals surface area contributed by atoms with Gasteiger partial charge in [0.1, 0.15) is 37.5 Å². The molecule has 0 saturated heterocycles. The van der Waals surface area contributed by atoms with E-state index in [-0.39, 0.29) is 5.92 Å². The van der Waals surface area contributed by atoms with Crippen molar-refractivity contribution in [1.82, 2.24) is 0 Å². The number of benzene rings is 3. The summed E-state index contributed by atoms with van der Waals surface area (Å²) in [4.78, 5) is 4.95. The second-order valence-corrected chi connectivity index (χ2v) is 6.97. The summed E-state index contributed by atoms with van der Waals surface area (Å²) < 4.78 is 11.7. The lowest BCUT2D eigenvalue weighted by molar-refractivity contribution is 0.210. The molecule has 1 unspecified atom stereocenters. The van der Waals surface area contributed by atoms with Crippen LogP contribution in [0.25, 0.3) is 0 Å². The highest BCUT2D eigenvalue weighted by Gasteiger charge is 2.08. The molecule has 5 heteroatoms. The van der Waals surface area contributed by atoms with Gasteiger partial charge in [-0.15, -0.1) is 0 Å². The van der Waals surface area contributed by atoms with Gasteiger partial charge in [-0.3, -0.25) is 0 Å². The molecule has 0 heterocycles. The van der Waals surface area contributed by atoms with Crippen LogP contribution >= 0.6 is 0 Å². The highest BCUT2D eigenvalue weighted by molar-refractivity contribution is 6.01. The number of nitriles is 1. The average molecular weight is 415 g/mol. The number of oxime groups is 1. The van der Waals surface area contributed by atoms with E-state index in [2.05, 4.69) is 11.2 Å². The lowest BCUT2D eigenvalue weighted by Gasteiger charge is -2.11. The van der Waals surface area contributed by atoms with Crippen LogP contribution in [0.15, 0.2) is 84.0 Å². The minimum atomic E-state index is -0.0714. The number of rotatable bonds is 10. The Labute approximate surface area is 183 Å². The van der Waals surface area contributed by atoms with Crippen LogP contribution in [-0.4, -0.2) is 19.4 Å². The fourth-order valence-electron chi connectivity index (χ4n) is 3.10. The average Bonchev–Trinajstić information content (AvgIpc) is 2.83. The van der Waals surface area contributed by atoms with Gasteiger partial charge in [-0.05, 0) is 41.8 Å². The Morgan fingerprint density at radius 1 is 0.903 bits per heavy atom. The van der Waals surface area contributed by atoms with Gasteiger partial charge in [0.25, 0.3) is 0 Å². The Balaban J connectivity index is 1.53. The van der Waals surface area contributed by atoms with Gasteiger partial charge in [-0.25, -0.2) is 0 Å². The molecule has 31 heavy (non-hydrogen) atoms. The fourth-order valence-corrected chi connectivity index (χ4v) is 3.10. The molecule has 0 bridgehead atoms. The molecule has 0 radical (unpaired) electrons. The van der Waals surface area contributed by atoms with Crippen molar-refractivity contribution in [2.45, 2.75) is 25.9 Å². The first-order valence-corrected chi connectivity index (χ1v) is 10.2. The van der Waals surface area contributed by atoms with Gasteiger partial charge >= 0.3 is 0 Å². The van der Waals surface area contributed by atoms with Gasteiger partial charge in [0, 0.05) is 5.56 Å². The Hall–Kier alpha value is -3.78. The van der Waals surface area contributed by atoms with E-state index >= 15 is 0 Å². The molecule has 0 N–H and O–H groups in total. The van der Waals surface area contributed by atoms with Gasteiger partial charge in [0.15, 0.2) is 0 Å².